The molecule has 8 nitrogen and oxygen atoms in total. The number of fused-ring (bicyclic) bond motifs is 1. The quantitative estimate of drug-likeness (QED) is 0.644. The molecule has 9 heteroatoms. The van der Waals surface area contributed by atoms with E-state index >= 15 is 0 Å². The number of carbonyl (C=O) groups is 1. The largest absolute Gasteiger partial charge is 0.475 e. The van der Waals surface area contributed by atoms with E-state index in [-0.39, 0.29) is 23.2 Å². The van der Waals surface area contributed by atoms with Crippen molar-refractivity contribution in [2.75, 3.05) is 23.8 Å². The molecule has 0 radical (unpaired) electrons. The zero-order valence-electron chi connectivity index (χ0n) is 18.0. The maximum Gasteiger partial charge on any atom is 0.267 e. The summed E-state index contributed by atoms with van der Waals surface area (Å²) in [5.74, 6) is 1.42. The normalized spacial score (nSPS) is 21.0. The molecule has 1 aliphatic carbocycles. The number of ether oxygens (including phenoxy) is 1. The number of aryl methyl sites for hydroxylation is 1. The average molecular weight is 451 g/mol. The number of anilines is 2. The van der Waals surface area contributed by atoms with Crippen molar-refractivity contribution in [2.45, 2.75) is 44.9 Å². The van der Waals surface area contributed by atoms with Crippen LogP contribution in [0.25, 0.3) is 0 Å². The number of nitrogen functional groups attached to an aromatic ring is 1. The van der Waals surface area contributed by atoms with Crippen molar-refractivity contribution in [3.63, 3.8) is 0 Å². The summed E-state index contributed by atoms with van der Waals surface area (Å²) in [5.41, 5.74) is 8.34. The average Bonchev–Trinajstić information content (AvgIpc) is 3.13. The first-order valence-electron chi connectivity index (χ1n) is 11.0. The molecule has 1 saturated carbocycles. The fraction of sp³-hybridized carbons (Fsp3) is 0.435. The van der Waals surface area contributed by atoms with Crippen molar-refractivity contribution in [1.29, 1.82) is 0 Å². The van der Waals surface area contributed by atoms with Crippen molar-refractivity contribution < 1.29 is 9.53 Å². The first kappa shape index (κ1) is 20.8. The lowest BCUT2D eigenvalue weighted by atomic mass is 9.77. The van der Waals surface area contributed by atoms with E-state index in [0.717, 1.165) is 22.1 Å². The van der Waals surface area contributed by atoms with Crippen molar-refractivity contribution in [2.24, 2.45) is 5.92 Å². The Morgan fingerprint density at radius 3 is 2.62 bits per heavy atom. The second-order valence-electron chi connectivity index (χ2n) is 8.47. The molecule has 0 atom stereocenters. The Labute approximate surface area is 190 Å². The molecule has 1 fully saturated rings. The van der Waals surface area contributed by atoms with E-state index in [2.05, 4.69) is 32.3 Å². The van der Waals surface area contributed by atoms with Crippen LogP contribution in [0, 0.1) is 12.8 Å². The van der Waals surface area contributed by atoms with Crippen molar-refractivity contribution >= 4 is 28.7 Å². The maximum absolute atomic E-state index is 13.1. The van der Waals surface area contributed by atoms with E-state index in [1.165, 1.54) is 37.6 Å². The maximum atomic E-state index is 13.1. The molecule has 2 aromatic heterocycles. The van der Waals surface area contributed by atoms with Crippen LogP contribution in [-0.4, -0.2) is 39.2 Å². The van der Waals surface area contributed by atoms with Gasteiger partial charge < -0.3 is 15.4 Å². The van der Waals surface area contributed by atoms with Crippen LogP contribution in [0.2, 0.25) is 0 Å². The Bertz CT molecular complexity index is 1110. The molecule has 0 unspecified atom stereocenters. The smallest absolute Gasteiger partial charge is 0.267 e. The van der Waals surface area contributed by atoms with Gasteiger partial charge in [0.25, 0.3) is 5.91 Å². The second kappa shape index (κ2) is 8.82. The Hall–Kier alpha value is -3.07. The molecule has 32 heavy (non-hydrogen) atoms. The van der Waals surface area contributed by atoms with Gasteiger partial charge in [-0.25, -0.2) is 9.97 Å². The summed E-state index contributed by atoms with van der Waals surface area (Å²) in [6.45, 7) is 2.80. The number of aromatic nitrogens is 4. The topological polar surface area (TPSA) is 107 Å². The van der Waals surface area contributed by atoms with E-state index in [0.29, 0.717) is 25.0 Å². The molecule has 1 amide bonds. The van der Waals surface area contributed by atoms with Crippen LogP contribution in [0.15, 0.2) is 30.6 Å². The summed E-state index contributed by atoms with van der Waals surface area (Å²) in [6, 6.07) is 8.35. The first-order chi connectivity index (χ1) is 15.6. The molecule has 0 saturated heterocycles. The highest BCUT2D eigenvalue weighted by Crippen LogP contribution is 2.38. The van der Waals surface area contributed by atoms with Crippen LogP contribution < -0.4 is 15.4 Å². The number of rotatable bonds is 4. The number of nitrogens with two attached hydrogens (primary N) is 1. The molecule has 1 aliphatic heterocycles. The van der Waals surface area contributed by atoms with Gasteiger partial charge in [0.05, 0.1) is 6.54 Å². The third kappa shape index (κ3) is 4.17. The minimum absolute atomic E-state index is 0.143. The molecule has 5 rings (SSSR count). The van der Waals surface area contributed by atoms with Gasteiger partial charge in [-0.3, -0.25) is 4.79 Å². The zero-order valence-corrected chi connectivity index (χ0v) is 18.8. The zero-order chi connectivity index (χ0) is 22.1. The summed E-state index contributed by atoms with van der Waals surface area (Å²) in [7, 11) is 0. The number of nitrogens with zero attached hydrogens (tertiary/aromatic N) is 5. The number of amides is 1. The minimum atomic E-state index is -0.226. The number of carbonyl (C=O) groups excluding carboxylic acids is 1. The molecule has 3 heterocycles. The van der Waals surface area contributed by atoms with Crippen LogP contribution in [0.4, 0.5) is 11.5 Å². The second-order valence-corrected chi connectivity index (χ2v) is 9.74. The van der Waals surface area contributed by atoms with Gasteiger partial charge in [0.1, 0.15) is 34.3 Å². The highest BCUT2D eigenvalue weighted by atomic mass is 32.1. The Morgan fingerprint density at radius 1 is 1.12 bits per heavy atom. The van der Waals surface area contributed by atoms with Crippen LogP contribution in [0.3, 0.4) is 0 Å². The van der Waals surface area contributed by atoms with Gasteiger partial charge in [-0.15, -0.1) is 21.5 Å². The number of hydrogen-bond acceptors (Lipinski definition) is 8. The summed E-state index contributed by atoms with van der Waals surface area (Å²) in [5, 5.41) is 10.6. The van der Waals surface area contributed by atoms with Gasteiger partial charge >= 0.3 is 0 Å². The number of hydrogen-bond donors (Lipinski definition) is 1. The summed E-state index contributed by atoms with van der Waals surface area (Å²) in [4.78, 5) is 22.8. The van der Waals surface area contributed by atoms with E-state index in [9.17, 15) is 4.79 Å². The van der Waals surface area contributed by atoms with Gasteiger partial charge in [-0.2, -0.15) is 0 Å². The van der Waals surface area contributed by atoms with Crippen LogP contribution in [0.1, 0.15) is 57.5 Å². The SMILES string of the molecule is Cc1nnc(CC2CCC(c3ccc(N4CCOc5ncnc(N)c5C4=O)cc3)CC2)s1. The van der Waals surface area contributed by atoms with Gasteiger partial charge in [0.15, 0.2) is 0 Å². The van der Waals surface area contributed by atoms with Crippen molar-refractivity contribution in [3.8, 4) is 5.88 Å². The van der Waals surface area contributed by atoms with Gasteiger partial charge in [-0.1, -0.05) is 12.1 Å². The monoisotopic (exact) mass is 450 g/mol. The third-order valence-corrected chi connectivity index (χ3v) is 7.27. The fourth-order valence-electron chi connectivity index (χ4n) is 4.70. The Kier molecular flexibility index (Phi) is 5.73. The molecule has 0 spiro atoms. The summed E-state index contributed by atoms with van der Waals surface area (Å²) >= 11 is 1.71. The predicted octanol–water partition coefficient (Wildman–Crippen LogP) is 3.77. The number of benzene rings is 1. The molecule has 166 valence electrons. The van der Waals surface area contributed by atoms with E-state index in [1.807, 2.05) is 19.1 Å². The molecule has 3 aromatic rings. The Balaban J connectivity index is 1.25. The molecule has 2 aliphatic rings. The lowest BCUT2D eigenvalue weighted by Gasteiger charge is -2.29. The first-order valence-corrected chi connectivity index (χ1v) is 11.8. The van der Waals surface area contributed by atoms with Crippen molar-refractivity contribution in [1.82, 2.24) is 20.2 Å². The summed E-state index contributed by atoms with van der Waals surface area (Å²) in [6.07, 6.45) is 7.14. The molecular weight excluding hydrogens is 424 g/mol. The van der Waals surface area contributed by atoms with Crippen LogP contribution in [0.5, 0.6) is 5.88 Å². The lowest BCUT2D eigenvalue weighted by Crippen LogP contribution is -2.32. The van der Waals surface area contributed by atoms with Crippen molar-refractivity contribution in [3.05, 3.63) is 51.7 Å². The minimum Gasteiger partial charge on any atom is -0.475 e. The van der Waals surface area contributed by atoms with E-state index < -0.39 is 0 Å². The lowest BCUT2D eigenvalue weighted by molar-refractivity contribution is 0.0990. The van der Waals surface area contributed by atoms with E-state index in [4.69, 9.17) is 10.5 Å². The predicted molar refractivity (Wildman–Crippen MR) is 123 cm³/mol. The summed E-state index contributed by atoms with van der Waals surface area (Å²) < 4.78 is 5.62. The molecule has 0 bridgehead atoms. The van der Waals surface area contributed by atoms with Gasteiger partial charge in [0, 0.05) is 12.1 Å². The highest BCUT2D eigenvalue weighted by Gasteiger charge is 2.29. The van der Waals surface area contributed by atoms with Crippen LogP contribution >= 0.6 is 11.3 Å². The molecule has 2 N–H and O–H groups in total. The molecule has 1 aromatic carbocycles. The van der Waals surface area contributed by atoms with Gasteiger partial charge in [-0.05, 0) is 62.1 Å². The van der Waals surface area contributed by atoms with Gasteiger partial charge in [0.2, 0.25) is 5.88 Å². The molecular formula is C23H26N6O2S. The third-order valence-electron chi connectivity index (χ3n) is 6.41. The van der Waals surface area contributed by atoms with E-state index in [1.54, 1.807) is 16.2 Å². The highest BCUT2D eigenvalue weighted by molar-refractivity contribution is 7.11. The fourth-order valence-corrected chi connectivity index (χ4v) is 5.53. The van der Waals surface area contributed by atoms with Crippen LogP contribution in [-0.2, 0) is 6.42 Å². The standard InChI is InChI=1S/C23H26N6O2S/c1-14-27-28-19(32-14)12-15-2-4-16(5-3-15)17-6-8-18(9-7-17)29-10-11-31-22-20(23(29)30)21(24)25-13-26-22/h6-9,13,15-16H,2-5,10-12H2,1H3,(H2,24,25,26). The Morgan fingerprint density at radius 2 is 1.91 bits per heavy atom.